The molecule has 1 aromatic heterocycles. The summed E-state index contributed by atoms with van der Waals surface area (Å²) in [4.78, 5) is 49.7. The molecule has 4 N–H and O–H groups in total. The van der Waals surface area contributed by atoms with Crippen LogP contribution in [0, 0.1) is 0 Å². The SMILES string of the molecule is COC(C(=O)O)c1nnc(SCC2=C(C(=O)O)N3C(=O)C(NC(=O)C(O)c4ccccc4)[C@@H]3SC2)s1. The highest BCUT2D eigenvalue weighted by molar-refractivity contribution is 8.01. The molecule has 1 saturated heterocycles. The van der Waals surface area contributed by atoms with E-state index in [-0.39, 0.29) is 22.2 Å². The van der Waals surface area contributed by atoms with E-state index in [0.717, 1.165) is 16.2 Å². The van der Waals surface area contributed by atoms with E-state index in [9.17, 15) is 29.4 Å². The molecule has 190 valence electrons. The molecule has 36 heavy (non-hydrogen) atoms. The molecule has 0 bridgehead atoms. The van der Waals surface area contributed by atoms with Gasteiger partial charge in [0, 0.05) is 18.6 Å². The molecule has 0 radical (unpaired) electrons. The Kier molecular flexibility index (Phi) is 7.94. The predicted molar refractivity (Wildman–Crippen MR) is 129 cm³/mol. The van der Waals surface area contributed by atoms with Crippen LogP contribution in [0.25, 0.3) is 0 Å². The second-order valence-corrected chi connectivity index (χ2v) is 11.0. The molecular formula is C21H20N4O8S3. The number of aliphatic hydroxyl groups excluding tert-OH is 1. The topological polar surface area (TPSA) is 179 Å². The van der Waals surface area contributed by atoms with E-state index < -0.39 is 47.4 Å². The lowest BCUT2D eigenvalue weighted by Crippen LogP contribution is -2.70. The maximum absolute atomic E-state index is 12.8. The van der Waals surface area contributed by atoms with Crippen molar-refractivity contribution in [2.45, 2.75) is 28.0 Å². The number of nitrogens with one attached hydrogen (secondary N) is 1. The third-order valence-corrected chi connectivity index (χ3v) is 8.91. The number of rotatable bonds is 10. The second-order valence-electron chi connectivity index (χ2n) is 7.62. The van der Waals surface area contributed by atoms with E-state index in [4.69, 9.17) is 9.84 Å². The first-order chi connectivity index (χ1) is 17.2. The number of β-lactam (4-membered cyclic amide) rings is 1. The fourth-order valence-electron chi connectivity index (χ4n) is 3.65. The summed E-state index contributed by atoms with van der Waals surface area (Å²) in [6.07, 6.45) is -2.71. The Balaban J connectivity index is 1.43. The number of carboxylic acids is 2. The summed E-state index contributed by atoms with van der Waals surface area (Å²) >= 11 is 3.49. The number of aliphatic hydroxyl groups is 1. The Hall–Kier alpha value is -2.98. The molecule has 1 fully saturated rings. The Bertz CT molecular complexity index is 1220. The maximum Gasteiger partial charge on any atom is 0.352 e. The Labute approximate surface area is 216 Å². The number of fused-ring (bicyclic) bond motifs is 1. The summed E-state index contributed by atoms with van der Waals surface area (Å²) in [5.74, 6) is -3.33. The molecule has 1 aromatic carbocycles. The van der Waals surface area contributed by atoms with Crippen LogP contribution in [0.1, 0.15) is 22.8 Å². The monoisotopic (exact) mass is 552 g/mol. The lowest BCUT2D eigenvalue weighted by atomic mass is 10.0. The third-order valence-electron chi connectivity index (χ3n) is 5.39. The van der Waals surface area contributed by atoms with Gasteiger partial charge in [0.15, 0.2) is 15.5 Å². The normalized spacial score (nSPS) is 20.8. The number of hydrogen-bond acceptors (Lipinski definition) is 11. The van der Waals surface area contributed by atoms with Crippen LogP contribution >= 0.6 is 34.9 Å². The van der Waals surface area contributed by atoms with Crippen LogP contribution in [-0.2, 0) is 23.9 Å². The van der Waals surface area contributed by atoms with Crippen LogP contribution in [-0.4, -0.2) is 84.2 Å². The molecule has 4 atom stereocenters. The Morgan fingerprint density at radius 3 is 2.61 bits per heavy atom. The number of aliphatic carboxylic acids is 2. The number of benzene rings is 1. The highest BCUT2D eigenvalue weighted by Crippen LogP contribution is 2.42. The highest BCUT2D eigenvalue weighted by atomic mass is 32.2. The van der Waals surface area contributed by atoms with Gasteiger partial charge in [0.25, 0.3) is 11.8 Å². The second kappa shape index (κ2) is 11.0. The predicted octanol–water partition coefficient (Wildman–Crippen LogP) is 0.875. The van der Waals surface area contributed by atoms with Gasteiger partial charge in [0.1, 0.15) is 17.1 Å². The van der Waals surface area contributed by atoms with Crippen molar-refractivity contribution in [2.24, 2.45) is 0 Å². The lowest BCUT2D eigenvalue weighted by Gasteiger charge is -2.49. The van der Waals surface area contributed by atoms with Crippen molar-refractivity contribution in [1.29, 1.82) is 0 Å². The van der Waals surface area contributed by atoms with Crippen molar-refractivity contribution in [3.05, 3.63) is 52.2 Å². The molecule has 4 rings (SSSR count). The van der Waals surface area contributed by atoms with Gasteiger partial charge in [-0.25, -0.2) is 9.59 Å². The van der Waals surface area contributed by atoms with Gasteiger partial charge < -0.3 is 25.4 Å². The van der Waals surface area contributed by atoms with Crippen molar-refractivity contribution < 1.29 is 39.2 Å². The average Bonchev–Trinajstić information content (AvgIpc) is 3.33. The number of methoxy groups -OCH3 is 1. The number of hydrogen-bond donors (Lipinski definition) is 4. The lowest BCUT2D eigenvalue weighted by molar-refractivity contribution is -0.151. The summed E-state index contributed by atoms with van der Waals surface area (Å²) in [6, 6.07) is 7.30. The number of amides is 2. The van der Waals surface area contributed by atoms with Gasteiger partial charge in [-0.3, -0.25) is 14.5 Å². The summed E-state index contributed by atoms with van der Waals surface area (Å²) in [5.41, 5.74) is 0.699. The van der Waals surface area contributed by atoms with Crippen molar-refractivity contribution in [2.75, 3.05) is 18.6 Å². The number of ether oxygens (including phenoxy) is 1. The minimum atomic E-state index is -1.46. The first-order valence-corrected chi connectivity index (χ1v) is 13.2. The standard InChI is InChI=1S/C21H20N4O8S3/c1-33-14(20(31)32)16-23-24-21(36-16)35-8-10-7-34-18-11(17(28)25(18)12(10)19(29)30)22-15(27)13(26)9-5-3-2-4-6-9/h2-6,11,13-14,18,26H,7-8H2,1H3,(H,22,27)(H,29,30)(H,31,32)/t11?,13?,14?,18-/m0/s1. The molecule has 2 aromatic rings. The van der Waals surface area contributed by atoms with Crippen LogP contribution in [0.15, 0.2) is 45.9 Å². The van der Waals surface area contributed by atoms with Gasteiger partial charge in [0.05, 0.1) is 0 Å². The average molecular weight is 553 g/mol. The van der Waals surface area contributed by atoms with Crippen LogP contribution in [0.3, 0.4) is 0 Å². The molecule has 0 aliphatic carbocycles. The molecule has 3 heterocycles. The first-order valence-electron chi connectivity index (χ1n) is 10.4. The van der Waals surface area contributed by atoms with Crippen LogP contribution < -0.4 is 5.32 Å². The minimum absolute atomic E-state index is 0.157. The number of thioether (sulfide) groups is 2. The molecular weight excluding hydrogens is 532 g/mol. The van der Waals surface area contributed by atoms with E-state index in [0.29, 0.717) is 15.5 Å². The van der Waals surface area contributed by atoms with E-state index in [1.165, 1.54) is 30.6 Å². The number of carboxylic acid groups (broad SMARTS) is 2. The van der Waals surface area contributed by atoms with Gasteiger partial charge in [-0.1, -0.05) is 53.4 Å². The van der Waals surface area contributed by atoms with Crippen LogP contribution in [0.4, 0.5) is 0 Å². The van der Waals surface area contributed by atoms with E-state index in [1.54, 1.807) is 30.3 Å². The van der Waals surface area contributed by atoms with E-state index in [2.05, 4.69) is 15.5 Å². The van der Waals surface area contributed by atoms with Crippen molar-refractivity contribution >= 4 is 58.6 Å². The molecule has 2 aliphatic rings. The van der Waals surface area contributed by atoms with Gasteiger partial charge in [-0.05, 0) is 11.1 Å². The molecule has 0 spiro atoms. The van der Waals surface area contributed by atoms with E-state index >= 15 is 0 Å². The fraction of sp³-hybridized carbons (Fsp3) is 0.333. The highest BCUT2D eigenvalue weighted by Gasteiger charge is 2.54. The number of carbonyl (C=O) groups excluding carboxylic acids is 2. The molecule has 2 amide bonds. The fourth-order valence-corrected chi connectivity index (χ4v) is 7.08. The number of nitrogens with zero attached hydrogens (tertiary/aromatic N) is 3. The summed E-state index contributed by atoms with van der Waals surface area (Å²) in [5, 5.41) is 39.1. The quantitative estimate of drug-likeness (QED) is 0.242. The zero-order chi connectivity index (χ0) is 26.0. The van der Waals surface area contributed by atoms with Crippen LogP contribution in [0.5, 0.6) is 0 Å². The van der Waals surface area contributed by atoms with Crippen molar-refractivity contribution in [3.63, 3.8) is 0 Å². The smallest absolute Gasteiger partial charge is 0.352 e. The first kappa shape index (κ1) is 26.1. The summed E-state index contributed by atoms with van der Waals surface area (Å²) in [7, 11) is 1.24. The zero-order valence-corrected chi connectivity index (χ0v) is 21.0. The van der Waals surface area contributed by atoms with Crippen molar-refractivity contribution in [1.82, 2.24) is 20.4 Å². The number of aromatic nitrogens is 2. The Morgan fingerprint density at radius 2 is 1.97 bits per heavy atom. The molecule has 15 heteroatoms. The third kappa shape index (κ3) is 5.10. The van der Waals surface area contributed by atoms with Gasteiger partial charge >= 0.3 is 11.9 Å². The molecule has 12 nitrogen and oxygen atoms in total. The maximum atomic E-state index is 12.8. The zero-order valence-electron chi connectivity index (χ0n) is 18.6. The van der Waals surface area contributed by atoms with Crippen LogP contribution in [0.2, 0.25) is 0 Å². The minimum Gasteiger partial charge on any atom is -0.479 e. The molecule has 3 unspecified atom stereocenters. The largest absolute Gasteiger partial charge is 0.479 e. The molecule has 0 saturated carbocycles. The molecule has 2 aliphatic heterocycles. The van der Waals surface area contributed by atoms with E-state index in [1.807, 2.05) is 0 Å². The summed E-state index contributed by atoms with van der Waals surface area (Å²) < 4.78 is 5.32. The van der Waals surface area contributed by atoms with Gasteiger partial charge in [0.2, 0.25) is 6.10 Å². The van der Waals surface area contributed by atoms with Crippen molar-refractivity contribution in [3.8, 4) is 0 Å². The Morgan fingerprint density at radius 1 is 1.25 bits per heavy atom. The van der Waals surface area contributed by atoms with Gasteiger partial charge in [-0.15, -0.1) is 22.0 Å². The van der Waals surface area contributed by atoms with Gasteiger partial charge in [-0.2, -0.15) is 0 Å². The number of carbonyl (C=O) groups is 4. The summed E-state index contributed by atoms with van der Waals surface area (Å²) in [6.45, 7) is 0.